The first-order chi connectivity index (χ1) is 8.02. The van der Waals surface area contributed by atoms with Crippen molar-refractivity contribution in [2.24, 2.45) is 0 Å². The topological polar surface area (TPSA) is 60.7 Å². The molecule has 0 heterocycles. The Hall–Kier alpha value is -2.16. The van der Waals surface area contributed by atoms with Gasteiger partial charge in [0.15, 0.2) is 11.5 Å². The molecule has 0 fully saturated rings. The minimum Gasteiger partial charge on any atom is -0.507 e. The Labute approximate surface area is 99.6 Å². The number of para-hydroxylation sites is 1. The van der Waals surface area contributed by atoms with E-state index in [1.807, 2.05) is 19.1 Å². The van der Waals surface area contributed by atoms with Crippen LogP contribution < -0.4 is 0 Å². The van der Waals surface area contributed by atoms with Crippen LogP contribution in [0.1, 0.15) is 11.1 Å². The van der Waals surface area contributed by atoms with E-state index in [1.165, 1.54) is 6.07 Å². The highest BCUT2D eigenvalue weighted by Gasteiger charge is 2.15. The van der Waals surface area contributed by atoms with Gasteiger partial charge >= 0.3 is 0 Å². The molecular weight excluding hydrogens is 216 g/mol. The van der Waals surface area contributed by atoms with Gasteiger partial charge in [-0.3, -0.25) is 0 Å². The van der Waals surface area contributed by atoms with Crippen LogP contribution in [0.5, 0.6) is 17.2 Å². The lowest BCUT2D eigenvalue weighted by atomic mass is 9.96. The number of rotatable bonds is 1. The van der Waals surface area contributed by atoms with E-state index >= 15 is 0 Å². The zero-order chi connectivity index (χ0) is 12.6. The van der Waals surface area contributed by atoms with Crippen LogP contribution in [0, 0.1) is 13.8 Å². The molecule has 3 heteroatoms. The van der Waals surface area contributed by atoms with Crippen molar-refractivity contribution in [2.45, 2.75) is 13.8 Å². The molecule has 2 aromatic rings. The molecule has 17 heavy (non-hydrogen) atoms. The van der Waals surface area contributed by atoms with Gasteiger partial charge < -0.3 is 15.3 Å². The molecule has 0 aliphatic heterocycles. The van der Waals surface area contributed by atoms with Crippen LogP contribution in [0.15, 0.2) is 30.3 Å². The summed E-state index contributed by atoms with van der Waals surface area (Å²) in [6.07, 6.45) is 0. The maximum Gasteiger partial charge on any atom is 0.165 e. The third kappa shape index (κ3) is 1.80. The Balaban J connectivity index is 2.77. The van der Waals surface area contributed by atoms with Gasteiger partial charge in [-0.15, -0.1) is 0 Å². The summed E-state index contributed by atoms with van der Waals surface area (Å²) in [6.45, 7) is 3.64. The van der Waals surface area contributed by atoms with E-state index < -0.39 is 0 Å². The maximum absolute atomic E-state index is 10.1. The zero-order valence-corrected chi connectivity index (χ0v) is 9.73. The molecular formula is C14H14O3. The van der Waals surface area contributed by atoms with Crippen LogP contribution in [0.2, 0.25) is 0 Å². The summed E-state index contributed by atoms with van der Waals surface area (Å²) in [5.41, 5.74) is 2.56. The van der Waals surface area contributed by atoms with Gasteiger partial charge in [-0.25, -0.2) is 0 Å². The molecule has 0 spiro atoms. The number of hydrogen-bond acceptors (Lipinski definition) is 3. The summed E-state index contributed by atoms with van der Waals surface area (Å²) >= 11 is 0. The number of hydrogen-bond donors (Lipinski definition) is 3. The van der Waals surface area contributed by atoms with Crippen LogP contribution in [0.4, 0.5) is 0 Å². The first kappa shape index (κ1) is 11.3. The second-order valence-electron chi connectivity index (χ2n) is 4.10. The molecule has 0 unspecified atom stereocenters. The average Bonchev–Trinajstić information content (AvgIpc) is 2.30. The normalized spacial score (nSPS) is 10.5. The molecule has 0 bridgehead atoms. The van der Waals surface area contributed by atoms with Crippen molar-refractivity contribution < 1.29 is 15.3 Å². The minimum absolute atomic E-state index is 0.130. The lowest BCUT2D eigenvalue weighted by Crippen LogP contribution is -1.88. The van der Waals surface area contributed by atoms with Crippen molar-refractivity contribution in [3.8, 4) is 28.4 Å². The molecule has 2 rings (SSSR count). The Morgan fingerprint density at radius 1 is 0.765 bits per heavy atom. The van der Waals surface area contributed by atoms with Gasteiger partial charge in [0.05, 0.1) is 0 Å². The summed E-state index contributed by atoms with van der Waals surface area (Å²) in [5, 5.41) is 29.4. The van der Waals surface area contributed by atoms with Crippen LogP contribution in [-0.4, -0.2) is 15.3 Å². The Kier molecular flexibility index (Phi) is 2.68. The van der Waals surface area contributed by atoms with Gasteiger partial charge in [0, 0.05) is 11.1 Å². The van der Waals surface area contributed by atoms with E-state index in [0.717, 1.165) is 11.1 Å². The third-order valence-electron chi connectivity index (χ3n) is 2.87. The highest BCUT2D eigenvalue weighted by atomic mass is 16.3. The van der Waals surface area contributed by atoms with Crippen molar-refractivity contribution in [1.29, 1.82) is 0 Å². The van der Waals surface area contributed by atoms with Crippen molar-refractivity contribution in [2.75, 3.05) is 0 Å². The monoisotopic (exact) mass is 230 g/mol. The van der Waals surface area contributed by atoms with E-state index in [4.69, 9.17) is 0 Å². The summed E-state index contributed by atoms with van der Waals surface area (Å²) in [5.74, 6) is -0.273. The summed E-state index contributed by atoms with van der Waals surface area (Å²) < 4.78 is 0. The molecule has 3 N–H and O–H groups in total. The first-order valence-corrected chi connectivity index (χ1v) is 5.33. The van der Waals surface area contributed by atoms with Crippen LogP contribution in [-0.2, 0) is 0 Å². The molecule has 0 aromatic heterocycles. The summed E-state index contributed by atoms with van der Waals surface area (Å²) in [6, 6.07) is 8.38. The molecule has 0 aliphatic carbocycles. The average molecular weight is 230 g/mol. The second-order valence-corrected chi connectivity index (χ2v) is 4.10. The van der Waals surface area contributed by atoms with Gasteiger partial charge in [0.1, 0.15) is 5.75 Å². The predicted octanol–water partition coefficient (Wildman–Crippen LogP) is 3.09. The number of aromatic hydroxyl groups is 3. The predicted molar refractivity (Wildman–Crippen MR) is 66.3 cm³/mol. The van der Waals surface area contributed by atoms with Gasteiger partial charge in [-0.1, -0.05) is 24.3 Å². The van der Waals surface area contributed by atoms with E-state index in [2.05, 4.69) is 0 Å². The zero-order valence-electron chi connectivity index (χ0n) is 9.73. The van der Waals surface area contributed by atoms with E-state index in [9.17, 15) is 15.3 Å². The largest absolute Gasteiger partial charge is 0.507 e. The maximum atomic E-state index is 10.1. The van der Waals surface area contributed by atoms with Crippen molar-refractivity contribution in [3.63, 3.8) is 0 Å². The van der Waals surface area contributed by atoms with E-state index in [-0.39, 0.29) is 17.2 Å². The molecule has 88 valence electrons. The van der Waals surface area contributed by atoms with Gasteiger partial charge in [0.25, 0.3) is 0 Å². The molecule has 0 radical (unpaired) electrons. The fourth-order valence-corrected chi connectivity index (χ4v) is 1.87. The van der Waals surface area contributed by atoms with Crippen molar-refractivity contribution in [3.05, 3.63) is 41.5 Å². The highest BCUT2D eigenvalue weighted by Crippen LogP contribution is 2.42. The van der Waals surface area contributed by atoms with Crippen molar-refractivity contribution >= 4 is 0 Å². The fourth-order valence-electron chi connectivity index (χ4n) is 1.87. The first-order valence-electron chi connectivity index (χ1n) is 5.33. The summed E-state index contributed by atoms with van der Waals surface area (Å²) in [4.78, 5) is 0. The third-order valence-corrected chi connectivity index (χ3v) is 2.87. The quantitative estimate of drug-likeness (QED) is 0.660. The molecule has 0 saturated carbocycles. The number of aryl methyl sites for hydroxylation is 2. The fraction of sp³-hybridized carbons (Fsp3) is 0.143. The lowest BCUT2D eigenvalue weighted by molar-refractivity contribution is 0.404. The Morgan fingerprint density at radius 2 is 1.41 bits per heavy atom. The molecule has 0 amide bonds. The number of phenolic OH excluding ortho intramolecular Hbond substituents is 3. The van der Waals surface area contributed by atoms with E-state index in [1.54, 1.807) is 19.1 Å². The van der Waals surface area contributed by atoms with Crippen molar-refractivity contribution in [1.82, 2.24) is 0 Å². The second kappa shape index (κ2) is 4.01. The Bertz CT molecular complexity index is 574. The lowest BCUT2D eigenvalue weighted by Gasteiger charge is -2.12. The van der Waals surface area contributed by atoms with Crippen LogP contribution in [0.3, 0.4) is 0 Å². The molecule has 2 aromatic carbocycles. The smallest absolute Gasteiger partial charge is 0.165 e. The number of benzene rings is 2. The minimum atomic E-state index is -0.212. The molecule has 0 aliphatic rings. The molecule has 0 saturated heterocycles. The Morgan fingerprint density at radius 3 is 2.12 bits per heavy atom. The van der Waals surface area contributed by atoms with Gasteiger partial charge in [-0.2, -0.15) is 0 Å². The summed E-state index contributed by atoms with van der Waals surface area (Å²) in [7, 11) is 0. The highest BCUT2D eigenvalue weighted by molar-refractivity contribution is 5.80. The van der Waals surface area contributed by atoms with Gasteiger partial charge in [-0.05, 0) is 31.0 Å². The standard InChI is InChI=1S/C14H14O3/c1-8-6-7-9(2)13(16)12(8)10-4-3-5-11(15)14(10)17/h3-7,15-17H,1-2H3. The molecule has 0 atom stereocenters. The number of phenols is 3. The van der Waals surface area contributed by atoms with Crippen LogP contribution in [0.25, 0.3) is 11.1 Å². The van der Waals surface area contributed by atoms with Crippen LogP contribution >= 0.6 is 0 Å². The SMILES string of the molecule is Cc1ccc(C)c(-c2cccc(O)c2O)c1O. The van der Waals surface area contributed by atoms with E-state index in [0.29, 0.717) is 11.1 Å². The molecule has 3 nitrogen and oxygen atoms in total. The van der Waals surface area contributed by atoms with Gasteiger partial charge in [0.2, 0.25) is 0 Å².